The van der Waals surface area contributed by atoms with Crippen molar-refractivity contribution in [3.05, 3.63) is 0 Å². The topological polar surface area (TPSA) is 20.2 Å². The lowest BCUT2D eigenvalue weighted by Gasteiger charge is -2.36. The zero-order valence-electron chi connectivity index (χ0n) is 11.2. The molecule has 0 aliphatic heterocycles. The van der Waals surface area contributed by atoms with E-state index in [1.54, 1.807) is 0 Å². The van der Waals surface area contributed by atoms with Gasteiger partial charge in [-0.05, 0) is 67.6 Å². The van der Waals surface area contributed by atoms with Gasteiger partial charge in [0, 0.05) is 0 Å². The van der Waals surface area contributed by atoms with Crippen LogP contribution in [0.15, 0.2) is 0 Å². The molecule has 6 atom stereocenters. The van der Waals surface area contributed by atoms with Crippen molar-refractivity contribution in [1.82, 2.24) is 0 Å². The van der Waals surface area contributed by atoms with E-state index in [4.69, 9.17) is 0 Å². The third-order valence-electron chi connectivity index (χ3n) is 6.35. The number of hydrogen-bond donors (Lipinski definition) is 1. The average molecular weight is 222 g/mol. The van der Waals surface area contributed by atoms with Gasteiger partial charge in [-0.15, -0.1) is 0 Å². The van der Waals surface area contributed by atoms with E-state index in [0.717, 1.165) is 30.1 Å². The van der Waals surface area contributed by atoms with Crippen LogP contribution in [0.1, 0.15) is 53.4 Å². The molecule has 3 saturated carbocycles. The van der Waals surface area contributed by atoms with Crippen LogP contribution in [0.3, 0.4) is 0 Å². The first-order chi connectivity index (χ1) is 7.41. The number of aliphatic hydroxyl groups is 1. The minimum absolute atomic E-state index is 0.351. The Bertz CT molecular complexity index is 307. The van der Waals surface area contributed by atoms with E-state index in [9.17, 15) is 5.11 Å². The molecule has 92 valence electrons. The molecule has 0 amide bonds. The highest BCUT2D eigenvalue weighted by Gasteiger charge is 2.77. The van der Waals surface area contributed by atoms with Crippen LogP contribution in [0, 0.1) is 35.0 Å². The van der Waals surface area contributed by atoms with Crippen LogP contribution in [0.2, 0.25) is 0 Å². The zero-order valence-corrected chi connectivity index (χ0v) is 11.2. The van der Waals surface area contributed by atoms with Gasteiger partial charge in [0.15, 0.2) is 0 Å². The van der Waals surface area contributed by atoms with Gasteiger partial charge < -0.3 is 5.11 Å². The third kappa shape index (κ3) is 1.11. The molecule has 0 bridgehead atoms. The molecule has 1 N–H and O–H groups in total. The fourth-order valence-corrected chi connectivity index (χ4v) is 5.57. The normalized spacial score (nSPS) is 59.6. The van der Waals surface area contributed by atoms with E-state index in [-0.39, 0.29) is 5.60 Å². The Morgan fingerprint density at radius 3 is 2.50 bits per heavy atom. The molecule has 0 radical (unpaired) electrons. The fraction of sp³-hybridized carbons (Fsp3) is 1.00. The third-order valence-corrected chi connectivity index (χ3v) is 6.35. The number of fused-ring (bicyclic) bond motifs is 1. The van der Waals surface area contributed by atoms with Crippen LogP contribution in [-0.2, 0) is 0 Å². The average Bonchev–Trinajstić information content (AvgIpc) is 2.79. The van der Waals surface area contributed by atoms with Crippen LogP contribution >= 0.6 is 0 Å². The second-order valence-electron chi connectivity index (χ2n) is 7.36. The first-order valence-corrected chi connectivity index (χ1v) is 7.13. The molecule has 0 aromatic rings. The summed E-state index contributed by atoms with van der Waals surface area (Å²) >= 11 is 0. The monoisotopic (exact) mass is 222 g/mol. The summed E-state index contributed by atoms with van der Waals surface area (Å²) in [5, 5.41) is 10.5. The van der Waals surface area contributed by atoms with Gasteiger partial charge >= 0.3 is 0 Å². The first kappa shape index (κ1) is 11.1. The van der Waals surface area contributed by atoms with Crippen LogP contribution in [-0.4, -0.2) is 10.7 Å². The van der Waals surface area contributed by atoms with Gasteiger partial charge in [0.2, 0.25) is 0 Å². The van der Waals surface area contributed by atoms with Crippen molar-refractivity contribution in [3.63, 3.8) is 0 Å². The Morgan fingerprint density at radius 2 is 1.88 bits per heavy atom. The van der Waals surface area contributed by atoms with Crippen LogP contribution in [0.25, 0.3) is 0 Å². The quantitative estimate of drug-likeness (QED) is 0.720. The van der Waals surface area contributed by atoms with Gasteiger partial charge in [0.05, 0.1) is 5.60 Å². The van der Waals surface area contributed by atoms with E-state index in [1.165, 1.54) is 19.3 Å². The van der Waals surface area contributed by atoms with Crippen molar-refractivity contribution in [1.29, 1.82) is 0 Å². The fourth-order valence-electron chi connectivity index (χ4n) is 5.57. The predicted molar refractivity (Wildman–Crippen MR) is 66.0 cm³/mol. The molecule has 1 spiro atoms. The molecular weight excluding hydrogens is 196 g/mol. The van der Waals surface area contributed by atoms with Crippen molar-refractivity contribution in [2.75, 3.05) is 0 Å². The smallest absolute Gasteiger partial charge is 0.0656 e. The first-order valence-electron chi connectivity index (χ1n) is 7.13. The Morgan fingerprint density at radius 1 is 1.19 bits per heavy atom. The SMILES string of the molecule is CC(C)C1CC[C@H](C)C23CCC(C)(O)C2C13. The van der Waals surface area contributed by atoms with E-state index in [1.807, 2.05) is 0 Å². The maximum Gasteiger partial charge on any atom is 0.0656 e. The Kier molecular flexibility index (Phi) is 2.11. The molecule has 3 fully saturated rings. The molecule has 3 rings (SSSR count). The number of hydrogen-bond acceptors (Lipinski definition) is 1. The van der Waals surface area contributed by atoms with E-state index in [0.29, 0.717) is 11.3 Å². The molecule has 16 heavy (non-hydrogen) atoms. The predicted octanol–water partition coefficient (Wildman–Crippen LogP) is 3.47. The molecule has 0 aromatic heterocycles. The highest BCUT2D eigenvalue weighted by molar-refractivity contribution is 5.26. The number of rotatable bonds is 1. The van der Waals surface area contributed by atoms with Crippen molar-refractivity contribution < 1.29 is 5.11 Å². The lowest BCUT2D eigenvalue weighted by atomic mass is 9.69. The van der Waals surface area contributed by atoms with E-state index >= 15 is 0 Å². The zero-order chi connectivity index (χ0) is 11.7. The van der Waals surface area contributed by atoms with Gasteiger partial charge in [-0.25, -0.2) is 0 Å². The van der Waals surface area contributed by atoms with Gasteiger partial charge in [-0.3, -0.25) is 0 Å². The summed E-state index contributed by atoms with van der Waals surface area (Å²) in [4.78, 5) is 0. The van der Waals surface area contributed by atoms with Gasteiger partial charge in [0.25, 0.3) is 0 Å². The molecule has 0 aromatic carbocycles. The van der Waals surface area contributed by atoms with Crippen molar-refractivity contribution >= 4 is 0 Å². The highest BCUT2D eigenvalue weighted by atomic mass is 16.3. The maximum atomic E-state index is 10.5. The molecule has 3 aliphatic rings. The second-order valence-corrected chi connectivity index (χ2v) is 7.36. The summed E-state index contributed by atoms with van der Waals surface area (Å²) in [5.41, 5.74) is 0.201. The molecule has 3 aliphatic carbocycles. The molecule has 5 unspecified atom stereocenters. The minimum Gasteiger partial charge on any atom is -0.390 e. The Hall–Kier alpha value is -0.0400. The molecule has 0 heterocycles. The minimum atomic E-state index is -0.351. The van der Waals surface area contributed by atoms with Crippen molar-refractivity contribution in [3.8, 4) is 0 Å². The summed E-state index contributed by atoms with van der Waals surface area (Å²) in [5.74, 6) is 4.01. The van der Waals surface area contributed by atoms with Crippen molar-refractivity contribution in [2.45, 2.75) is 59.0 Å². The second kappa shape index (κ2) is 3.04. The lowest BCUT2D eigenvalue weighted by Crippen LogP contribution is -2.30. The molecule has 0 saturated heterocycles. The van der Waals surface area contributed by atoms with Gasteiger partial charge in [-0.2, -0.15) is 0 Å². The standard InChI is InChI=1S/C15H26O/c1-9(2)11-6-5-10(3)15-8-7-14(4,16)13(15)12(11)15/h9-13,16H,5-8H2,1-4H3/t10-,11?,12?,13?,14?,15?/m0/s1. The van der Waals surface area contributed by atoms with E-state index < -0.39 is 0 Å². The molecular formula is C15H26O. The summed E-state index contributed by atoms with van der Waals surface area (Å²) in [7, 11) is 0. The van der Waals surface area contributed by atoms with Gasteiger partial charge in [0.1, 0.15) is 0 Å². The molecule has 1 heteroatoms. The lowest BCUT2D eigenvalue weighted by molar-refractivity contribution is 0.0291. The van der Waals surface area contributed by atoms with Crippen LogP contribution in [0.4, 0.5) is 0 Å². The van der Waals surface area contributed by atoms with E-state index in [2.05, 4.69) is 27.7 Å². The Labute approximate surface area is 99.6 Å². The maximum absolute atomic E-state index is 10.5. The van der Waals surface area contributed by atoms with Crippen molar-refractivity contribution in [2.24, 2.45) is 35.0 Å². The Balaban J connectivity index is 1.92. The van der Waals surface area contributed by atoms with Crippen LogP contribution in [0.5, 0.6) is 0 Å². The molecule has 1 nitrogen and oxygen atoms in total. The summed E-state index contributed by atoms with van der Waals surface area (Å²) in [6, 6.07) is 0. The largest absolute Gasteiger partial charge is 0.390 e. The summed E-state index contributed by atoms with van der Waals surface area (Å²) < 4.78 is 0. The van der Waals surface area contributed by atoms with Gasteiger partial charge in [-0.1, -0.05) is 20.8 Å². The van der Waals surface area contributed by atoms with Crippen LogP contribution < -0.4 is 0 Å². The summed E-state index contributed by atoms with van der Waals surface area (Å²) in [6.45, 7) is 9.27. The highest BCUT2D eigenvalue weighted by Crippen LogP contribution is 2.80. The summed E-state index contributed by atoms with van der Waals surface area (Å²) in [6.07, 6.45) is 5.13.